The van der Waals surface area contributed by atoms with E-state index in [1.165, 1.54) is 0 Å². The van der Waals surface area contributed by atoms with Gasteiger partial charge in [0.2, 0.25) is 5.89 Å². The molecule has 0 spiro atoms. The molecule has 1 unspecified atom stereocenters. The maximum absolute atomic E-state index is 5.65. The number of alkyl halides is 1. The predicted octanol–water partition coefficient (Wildman–Crippen LogP) is 3.60. The first kappa shape index (κ1) is 13.9. The summed E-state index contributed by atoms with van der Waals surface area (Å²) in [4.78, 5) is 0.0676. The lowest BCUT2D eigenvalue weighted by atomic mass is 10.2. The molecule has 0 N–H and O–H groups in total. The first-order valence-electron chi connectivity index (χ1n) is 5.89. The van der Waals surface area contributed by atoms with E-state index >= 15 is 0 Å². The van der Waals surface area contributed by atoms with Gasteiger partial charge < -0.3 is 13.9 Å². The van der Waals surface area contributed by atoms with Crippen LogP contribution in [-0.4, -0.2) is 24.4 Å². The van der Waals surface area contributed by atoms with Crippen molar-refractivity contribution in [2.24, 2.45) is 0 Å². The molecule has 0 aliphatic carbocycles. The highest BCUT2D eigenvalue weighted by atomic mass is 79.9. The van der Waals surface area contributed by atoms with Gasteiger partial charge in [0.1, 0.15) is 11.5 Å². The SMILES string of the molecule is CCC(Br)c1nnc(-c2ccc(OC)cc2OC)o1. The van der Waals surface area contributed by atoms with Gasteiger partial charge in [-0.1, -0.05) is 22.9 Å². The highest BCUT2D eigenvalue weighted by molar-refractivity contribution is 9.09. The summed E-state index contributed by atoms with van der Waals surface area (Å²) >= 11 is 3.48. The smallest absolute Gasteiger partial charge is 0.251 e. The van der Waals surface area contributed by atoms with Crippen LogP contribution in [0.15, 0.2) is 22.6 Å². The van der Waals surface area contributed by atoms with E-state index in [-0.39, 0.29) is 4.83 Å². The third kappa shape index (κ3) is 2.89. The van der Waals surface area contributed by atoms with E-state index in [4.69, 9.17) is 13.9 Å². The molecule has 19 heavy (non-hydrogen) atoms. The Bertz CT molecular complexity index is 557. The molecule has 2 aromatic rings. The fraction of sp³-hybridized carbons (Fsp3) is 0.385. The number of methoxy groups -OCH3 is 2. The topological polar surface area (TPSA) is 57.4 Å². The number of aromatic nitrogens is 2. The minimum Gasteiger partial charge on any atom is -0.497 e. The third-order valence-corrected chi connectivity index (χ3v) is 3.75. The summed E-state index contributed by atoms with van der Waals surface area (Å²) in [7, 11) is 3.20. The van der Waals surface area contributed by atoms with Gasteiger partial charge in [-0.3, -0.25) is 0 Å². The van der Waals surface area contributed by atoms with Crippen LogP contribution >= 0.6 is 15.9 Å². The second kappa shape index (κ2) is 6.06. The Balaban J connectivity index is 2.38. The Morgan fingerprint density at radius 3 is 2.68 bits per heavy atom. The zero-order valence-corrected chi connectivity index (χ0v) is 12.6. The Morgan fingerprint density at radius 2 is 2.05 bits per heavy atom. The van der Waals surface area contributed by atoms with E-state index in [1.807, 2.05) is 19.1 Å². The molecule has 1 heterocycles. The summed E-state index contributed by atoms with van der Waals surface area (Å²) in [5, 5.41) is 8.08. The van der Waals surface area contributed by atoms with E-state index in [2.05, 4.69) is 26.1 Å². The average Bonchev–Trinajstić information content (AvgIpc) is 2.95. The van der Waals surface area contributed by atoms with Gasteiger partial charge in [0.05, 0.1) is 24.6 Å². The Morgan fingerprint density at radius 1 is 1.26 bits per heavy atom. The van der Waals surface area contributed by atoms with Crippen LogP contribution in [0.25, 0.3) is 11.5 Å². The van der Waals surface area contributed by atoms with Crippen molar-refractivity contribution in [1.82, 2.24) is 10.2 Å². The van der Waals surface area contributed by atoms with Crippen molar-refractivity contribution in [3.8, 4) is 23.0 Å². The summed E-state index contributed by atoms with van der Waals surface area (Å²) < 4.78 is 16.1. The number of ether oxygens (including phenoxy) is 2. The fourth-order valence-corrected chi connectivity index (χ4v) is 1.80. The van der Waals surface area contributed by atoms with Crippen molar-refractivity contribution in [1.29, 1.82) is 0 Å². The Hall–Kier alpha value is -1.56. The first-order valence-corrected chi connectivity index (χ1v) is 6.81. The average molecular weight is 327 g/mol. The molecule has 0 saturated carbocycles. The van der Waals surface area contributed by atoms with Gasteiger partial charge >= 0.3 is 0 Å². The van der Waals surface area contributed by atoms with Gasteiger partial charge in [0, 0.05) is 6.07 Å². The summed E-state index contributed by atoms with van der Waals surface area (Å²) in [5.74, 6) is 2.35. The van der Waals surface area contributed by atoms with Crippen LogP contribution in [0.2, 0.25) is 0 Å². The van der Waals surface area contributed by atoms with E-state index in [0.717, 1.165) is 12.0 Å². The molecule has 0 saturated heterocycles. The highest BCUT2D eigenvalue weighted by Gasteiger charge is 2.17. The van der Waals surface area contributed by atoms with Gasteiger partial charge in [-0.2, -0.15) is 0 Å². The highest BCUT2D eigenvalue weighted by Crippen LogP contribution is 2.34. The van der Waals surface area contributed by atoms with Crippen LogP contribution in [0, 0.1) is 0 Å². The van der Waals surface area contributed by atoms with Gasteiger partial charge in [0.25, 0.3) is 5.89 Å². The molecule has 102 valence electrons. The zero-order chi connectivity index (χ0) is 13.8. The van der Waals surface area contributed by atoms with Crippen LogP contribution < -0.4 is 9.47 Å². The number of benzene rings is 1. The second-order valence-corrected chi connectivity index (χ2v) is 4.99. The summed E-state index contributed by atoms with van der Waals surface area (Å²) in [5.41, 5.74) is 0.748. The molecule has 1 atom stereocenters. The van der Waals surface area contributed by atoms with Crippen molar-refractivity contribution in [2.75, 3.05) is 14.2 Å². The molecule has 6 heteroatoms. The second-order valence-electron chi connectivity index (χ2n) is 3.89. The van der Waals surface area contributed by atoms with Gasteiger partial charge in [-0.05, 0) is 18.6 Å². The maximum atomic E-state index is 5.65. The van der Waals surface area contributed by atoms with Crippen LogP contribution in [0.3, 0.4) is 0 Å². The molecular formula is C13H15BrN2O3. The van der Waals surface area contributed by atoms with Crippen LogP contribution in [0.1, 0.15) is 24.1 Å². The fourth-order valence-electron chi connectivity index (χ4n) is 1.62. The Labute approximate surface area is 120 Å². The quantitative estimate of drug-likeness (QED) is 0.786. The van der Waals surface area contributed by atoms with Crippen molar-refractivity contribution in [3.63, 3.8) is 0 Å². The lowest BCUT2D eigenvalue weighted by Crippen LogP contribution is -1.90. The minimum atomic E-state index is 0.0676. The number of hydrogen-bond donors (Lipinski definition) is 0. The summed E-state index contributed by atoms with van der Waals surface area (Å²) in [6.45, 7) is 2.04. The van der Waals surface area contributed by atoms with E-state index in [0.29, 0.717) is 23.3 Å². The molecule has 0 amide bonds. The molecular weight excluding hydrogens is 312 g/mol. The lowest BCUT2D eigenvalue weighted by Gasteiger charge is -2.07. The van der Waals surface area contributed by atoms with Gasteiger partial charge in [0.15, 0.2) is 0 Å². The van der Waals surface area contributed by atoms with Crippen molar-refractivity contribution in [3.05, 3.63) is 24.1 Å². The lowest BCUT2D eigenvalue weighted by molar-refractivity contribution is 0.394. The van der Waals surface area contributed by atoms with Crippen molar-refractivity contribution < 1.29 is 13.9 Å². The number of nitrogens with zero attached hydrogens (tertiary/aromatic N) is 2. The molecule has 0 radical (unpaired) electrons. The van der Waals surface area contributed by atoms with Gasteiger partial charge in [-0.15, -0.1) is 10.2 Å². The third-order valence-electron chi connectivity index (χ3n) is 2.71. The molecule has 0 fully saturated rings. The number of halogens is 1. The predicted molar refractivity (Wildman–Crippen MR) is 74.8 cm³/mol. The van der Waals surface area contributed by atoms with Crippen molar-refractivity contribution >= 4 is 15.9 Å². The van der Waals surface area contributed by atoms with E-state index in [9.17, 15) is 0 Å². The van der Waals surface area contributed by atoms with E-state index in [1.54, 1.807) is 20.3 Å². The minimum absolute atomic E-state index is 0.0676. The number of rotatable bonds is 5. The summed E-state index contributed by atoms with van der Waals surface area (Å²) in [6.07, 6.45) is 0.876. The van der Waals surface area contributed by atoms with Crippen LogP contribution in [0.5, 0.6) is 11.5 Å². The molecule has 1 aromatic heterocycles. The standard InChI is InChI=1S/C13H15BrN2O3/c1-4-10(14)13-16-15-12(19-13)9-6-5-8(17-2)7-11(9)18-3/h5-7,10H,4H2,1-3H3. The first-order chi connectivity index (χ1) is 9.19. The van der Waals surface area contributed by atoms with Crippen LogP contribution in [-0.2, 0) is 0 Å². The van der Waals surface area contributed by atoms with E-state index < -0.39 is 0 Å². The molecule has 0 bridgehead atoms. The van der Waals surface area contributed by atoms with Gasteiger partial charge in [-0.25, -0.2) is 0 Å². The molecule has 0 aliphatic heterocycles. The Kier molecular flexibility index (Phi) is 4.42. The summed E-state index contributed by atoms with van der Waals surface area (Å²) in [6, 6.07) is 5.45. The number of hydrogen-bond acceptors (Lipinski definition) is 5. The largest absolute Gasteiger partial charge is 0.497 e. The van der Waals surface area contributed by atoms with Crippen molar-refractivity contribution in [2.45, 2.75) is 18.2 Å². The zero-order valence-electron chi connectivity index (χ0n) is 11.0. The normalized spacial score (nSPS) is 12.2. The molecule has 5 nitrogen and oxygen atoms in total. The maximum Gasteiger partial charge on any atom is 0.251 e. The monoisotopic (exact) mass is 326 g/mol. The van der Waals surface area contributed by atoms with Crippen LogP contribution in [0.4, 0.5) is 0 Å². The molecule has 0 aliphatic rings. The molecule has 2 rings (SSSR count). The molecule has 1 aromatic carbocycles.